The van der Waals surface area contributed by atoms with Crippen molar-refractivity contribution in [2.75, 3.05) is 0 Å². The molecule has 4 nitrogen and oxygen atoms in total. The molecule has 0 aliphatic carbocycles. The molecule has 6 aromatic carbocycles. The first kappa shape index (κ1) is 25.5. The normalized spacial score (nSPS) is 11.7. The Hall–Kier alpha value is -6.00. The zero-order valence-corrected chi connectivity index (χ0v) is 24.6. The molecule has 212 valence electrons. The van der Waals surface area contributed by atoms with Gasteiger partial charge in [-0.1, -0.05) is 109 Å². The number of fused-ring (bicyclic) bond motifs is 6. The number of rotatable bonds is 4. The molecule has 3 aromatic heterocycles. The van der Waals surface area contributed by atoms with E-state index >= 15 is 0 Å². The third-order valence-corrected chi connectivity index (χ3v) is 8.65. The SMILES string of the molecule is Cc1cccc(-c2nc(-c3ccccc3)c3oc4ccc(-c5cccc(-n6c7ccccc7c7ccccc76)c5)cc4c3n2)c1. The van der Waals surface area contributed by atoms with Gasteiger partial charge in [-0.3, -0.25) is 0 Å². The lowest BCUT2D eigenvalue weighted by molar-refractivity contribution is 0.667. The van der Waals surface area contributed by atoms with E-state index in [-0.39, 0.29) is 0 Å². The highest BCUT2D eigenvalue weighted by atomic mass is 16.3. The van der Waals surface area contributed by atoms with Crippen molar-refractivity contribution >= 4 is 43.9 Å². The largest absolute Gasteiger partial charge is 0.452 e. The minimum Gasteiger partial charge on any atom is -0.452 e. The molecule has 0 amide bonds. The lowest BCUT2D eigenvalue weighted by atomic mass is 10.0. The van der Waals surface area contributed by atoms with E-state index in [9.17, 15) is 0 Å². The van der Waals surface area contributed by atoms with E-state index in [1.165, 1.54) is 27.4 Å². The van der Waals surface area contributed by atoms with E-state index in [4.69, 9.17) is 14.4 Å². The van der Waals surface area contributed by atoms with Crippen LogP contribution < -0.4 is 0 Å². The summed E-state index contributed by atoms with van der Waals surface area (Å²) in [6.45, 7) is 2.09. The van der Waals surface area contributed by atoms with Gasteiger partial charge in [-0.15, -0.1) is 0 Å². The monoisotopic (exact) mass is 577 g/mol. The van der Waals surface area contributed by atoms with Crippen LogP contribution in [-0.2, 0) is 0 Å². The minimum absolute atomic E-state index is 0.687. The van der Waals surface area contributed by atoms with Crippen LogP contribution in [0.2, 0.25) is 0 Å². The van der Waals surface area contributed by atoms with Crippen LogP contribution in [0.3, 0.4) is 0 Å². The maximum Gasteiger partial charge on any atom is 0.180 e. The molecule has 0 atom stereocenters. The van der Waals surface area contributed by atoms with Gasteiger partial charge in [-0.05, 0) is 60.5 Å². The van der Waals surface area contributed by atoms with Crippen molar-refractivity contribution in [3.63, 3.8) is 0 Å². The highest BCUT2D eigenvalue weighted by Gasteiger charge is 2.19. The Labute approximate surface area is 259 Å². The van der Waals surface area contributed by atoms with Crippen LogP contribution >= 0.6 is 0 Å². The van der Waals surface area contributed by atoms with Gasteiger partial charge in [0, 0.05) is 33.0 Å². The molecular weight excluding hydrogens is 550 g/mol. The fraction of sp³-hybridized carbons (Fsp3) is 0.0244. The Morgan fingerprint density at radius 2 is 1.18 bits per heavy atom. The van der Waals surface area contributed by atoms with Gasteiger partial charge < -0.3 is 8.98 Å². The first-order chi connectivity index (χ1) is 22.2. The van der Waals surface area contributed by atoms with Crippen molar-refractivity contribution in [1.29, 1.82) is 0 Å². The molecule has 0 fully saturated rings. The lowest BCUT2D eigenvalue weighted by Crippen LogP contribution is -1.94. The molecule has 4 heteroatoms. The number of hydrogen-bond acceptors (Lipinski definition) is 3. The molecule has 3 heterocycles. The third kappa shape index (κ3) is 4.15. The van der Waals surface area contributed by atoms with Crippen LogP contribution in [-0.4, -0.2) is 14.5 Å². The average Bonchev–Trinajstić information content (AvgIpc) is 3.64. The fourth-order valence-electron chi connectivity index (χ4n) is 6.55. The molecule has 9 rings (SSSR count). The summed E-state index contributed by atoms with van der Waals surface area (Å²) in [5, 5.41) is 3.48. The van der Waals surface area contributed by atoms with E-state index < -0.39 is 0 Å². The van der Waals surface area contributed by atoms with Gasteiger partial charge in [0.25, 0.3) is 0 Å². The highest BCUT2D eigenvalue weighted by Crippen LogP contribution is 2.38. The molecule has 9 aromatic rings. The molecular formula is C41H27N3O. The van der Waals surface area contributed by atoms with Crippen molar-refractivity contribution in [2.24, 2.45) is 0 Å². The van der Waals surface area contributed by atoms with Crippen LogP contribution in [0.5, 0.6) is 0 Å². The Kier molecular flexibility index (Phi) is 5.69. The molecule has 0 saturated heterocycles. The van der Waals surface area contributed by atoms with E-state index in [2.05, 4.69) is 139 Å². The zero-order valence-electron chi connectivity index (χ0n) is 24.6. The van der Waals surface area contributed by atoms with E-state index in [0.29, 0.717) is 11.4 Å². The zero-order chi connectivity index (χ0) is 29.9. The Bertz CT molecular complexity index is 2500. The first-order valence-electron chi connectivity index (χ1n) is 15.2. The fourth-order valence-corrected chi connectivity index (χ4v) is 6.55. The van der Waals surface area contributed by atoms with Gasteiger partial charge in [0.15, 0.2) is 11.4 Å². The summed E-state index contributed by atoms with van der Waals surface area (Å²) >= 11 is 0. The van der Waals surface area contributed by atoms with Gasteiger partial charge in [-0.25, -0.2) is 9.97 Å². The van der Waals surface area contributed by atoms with Crippen molar-refractivity contribution in [3.8, 4) is 39.5 Å². The molecule has 45 heavy (non-hydrogen) atoms. The smallest absolute Gasteiger partial charge is 0.180 e. The Balaban J connectivity index is 1.25. The molecule has 0 saturated carbocycles. The number of furan rings is 1. The summed E-state index contributed by atoms with van der Waals surface area (Å²) in [5.41, 5.74) is 12.0. The number of aryl methyl sites for hydroxylation is 1. The van der Waals surface area contributed by atoms with Gasteiger partial charge in [0.2, 0.25) is 0 Å². The molecule has 0 aliphatic heterocycles. The summed E-state index contributed by atoms with van der Waals surface area (Å²) in [5.74, 6) is 0.687. The van der Waals surface area contributed by atoms with Gasteiger partial charge in [-0.2, -0.15) is 0 Å². The van der Waals surface area contributed by atoms with Crippen molar-refractivity contribution in [2.45, 2.75) is 6.92 Å². The summed E-state index contributed by atoms with van der Waals surface area (Å²) in [7, 11) is 0. The van der Waals surface area contributed by atoms with Crippen LogP contribution in [0.15, 0.2) is 150 Å². The number of aromatic nitrogens is 3. The third-order valence-electron chi connectivity index (χ3n) is 8.65. The second-order valence-corrected chi connectivity index (χ2v) is 11.5. The van der Waals surface area contributed by atoms with Crippen LogP contribution in [0, 0.1) is 6.92 Å². The molecule has 0 radical (unpaired) electrons. The van der Waals surface area contributed by atoms with Crippen molar-refractivity contribution in [3.05, 3.63) is 151 Å². The molecule has 0 aliphatic rings. The predicted octanol–water partition coefficient (Wildman–Crippen LogP) is 10.8. The average molecular weight is 578 g/mol. The second kappa shape index (κ2) is 10.0. The molecule has 0 unspecified atom stereocenters. The van der Waals surface area contributed by atoms with Crippen molar-refractivity contribution in [1.82, 2.24) is 14.5 Å². The number of hydrogen-bond donors (Lipinski definition) is 0. The topological polar surface area (TPSA) is 43.9 Å². The summed E-state index contributed by atoms with van der Waals surface area (Å²) < 4.78 is 8.85. The molecule has 0 bridgehead atoms. The van der Waals surface area contributed by atoms with Crippen LogP contribution in [0.25, 0.3) is 83.3 Å². The van der Waals surface area contributed by atoms with Crippen molar-refractivity contribution < 1.29 is 4.42 Å². The van der Waals surface area contributed by atoms with Gasteiger partial charge in [0.1, 0.15) is 16.8 Å². The molecule has 0 N–H and O–H groups in total. The Morgan fingerprint density at radius 3 is 1.96 bits per heavy atom. The van der Waals surface area contributed by atoms with E-state index in [1.54, 1.807) is 0 Å². The predicted molar refractivity (Wildman–Crippen MR) is 185 cm³/mol. The second-order valence-electron chi connectivity index (χ2n) is 11.5. The maximum atomic E-state index is 6.49. The quantitative estimate of drug-likeness (QED) is 0.209. The molecule has 0 spiro atoms. The number of para-hydroxylation sites is 2. The van der Waals surface area contributed by atoms with E-state index in [1.807, 2.05) is 18.2 Å². The summed E-state index contributed by atoms with van der Waals surface area (Å²) in [6, 6.07) is 50.9. The summed E-state index contributed by atoms with van der Waals surface area (Å²) in [6.07, 6.45) is 0. The van der Waals surface area contributed by atoms with Crippen LogP contribution in [0.4, 0.5) is 0 Å². The highest BCUT2D eigenvalue weighted by molar-refractivity contribution is 6.10. The first-order valence-corrected chi connectivity index (χ1v) is 15.2. The number of nitrogens with zero attached hydrogens (tertiary/aromatic N) is 3. The van der Waals surface area contributed by atoms with Crippen LogP contribution in [0.1, 0.15) is 5.56 Å². The maximum absolute atomic E-state index is 6.49. The standard InChI is InChI=1S/C41H27N3O/c1-26-11-9-15-30(23-26)41-42-38(27-12-3-2-4-13-27)40-39(43-41)34-25-29(21-22-37(34)45-40)28-14-10-16-31(24-28)44-35-19-7-5-17-32(35)33-18-6-8-20-36(33)44/h2-25H,1H3. The number of benzene rings is 6. The van der Waals surface area contributed by atoms with E-state index in [0.717, 1.165) is 50.1 Å². The van der Waals surface area contributed by atoms with Gasteiger partial charge in [0.05, 0.1) is 11.0 Å². The Morgan fingerprint density at radius 1 is 0.511 bits per heavy atom. The lowest BCUT2D eigenvalue weighted by Gasteiger charge is -2.10. The summed E-state index contributed by atoms with van der Waals surface area (Å²) in [4.78, 5) is 10.2. The minimum atomic E-state index is 0.687. The van der Waals surface area contributed by atoms with Gasteiger partial charge >= 0.3 is 0 Å².